The Morgan fingerprint density at radius 2 is 2.07 bits per heavy atom. The molecule has 1 amide bonds. The van der Waals surface area contributed by atoms with Crippen LogP contribution < -0.4 is 5.73 Å². The number of amides is 1. The molecule has 0 saturated carbocycles. The fraction of sp³-hybridized carbons (Fsp3) is 0.263. The van der Waals surface area contributed by atoms with Gasteiger partial charge in [0.15, 0.2) is 11.7 Å². The molecule has 1 aliphatic rings. The van der Waals surface area contributed by atoms with Crippen LogP contribution in [0.4, 0.5) is 0 Å². The van der Waals surface area contributed by atoms with Crippen LogP contribution in [0.2, 0.25) is 10.0 Å². The third kappa shape index (κ3) is 3.96. The number of nitrogens with two attached hydrogens (primary N) is 1. The number of hydrogen-bond donors (Lipinski definition) is 1. The lowest BCUT2D eigenvalue weighted by Crippen LogP contribution is -2.47. The molecule has 2 N–H and O–H groups in total. The minimum Gasteiger partial charge on any atom is -0.369 e. The Morgan fingerprint density at radius 1 is 1.33 bits per heavy atom. The smallest absolute Gasteiger partial charge is 0.231 e. The van der Waals surface area contributed by atoms with Gasteiger partial charge in [0.1, 0.15) is 5.69 Å². The van der Waals surface area contributed by atoms with E-state index in [-0.39, 0.29) is 41.2 Å². The fourth-order valence-electron chi connectivity index (χ4n) is 2.98. The zero-order valence-corrected chi connectivity index (χ0v) is 16.4. The summed E-state index contributed by atoms with van der Waals surface area (Å²) in [6, 6.07) is 8.88. The number of ketones is 1. The van der Waals surface area contributed by atoms with Crippen molar-refractivity contribution in [1.29, 1.82) is 0 Å². The first kappa shape index (κ1) is 19.3. The summed E-state index contributed by atoms with van der Waals surface area (Å²) in [5.41, 5.74) is 6.86. The van der Waals surface area contributed by atoms with Gasteiger partial charge >= 0.3 is 0 Å². The Labute approximate surface area is 167 Å². The number of aromatic nitrogens is 1. The second kappa shape index (κ2) is 7.29. The van der Waals surface area contributed by atoms with Crippen molar-refractivity contribution in [2.45, 2.75) is 25.3 Å². The molecule has 8 heteroatoms. The molecule has 1 aliphatic heterocycles. The normalized spacial score (nSPS) is 19.8. The van der Waals surface area contributed by atoms with Crippen LogP contribution in [0.15, 0.2) is 41.5 Å². The van der Waals surface area contributed by atoms with Gasteiger partial charge in [-0.05, 0) is 24.1 Å². The summed E-state index contributed by atoms with van der Waals surface area (Å²) in [6.07, 6.45) is 1.71. The maximum Gasteiger partial charge on any atom is 0.231 e. The molecular weight excluding hydrogens is 387 g/mol. The number of Topliss-reactive ketones (excluding diaryl/α,β-unsaturated/α-hetero) is 1. The Bertz CT molecular complexity index is 960. The number of guanidine groups is 1. The summed E-state index contributed by atoms with van der Waals surface area (Å²) in [6.45, 7) is 1.85. The molecule has 1 aromatic carbocycles. The highest BCUT2D eigenvalue weighted by molar-refractivity contribution is 6.36. The maximum atomic E-state index is 12.6. The zero-order chi connectivity index (χ0) is 19.8. The summed E-state index contributed by atoms with van der Waals surface area (Å²) in [7, 11) is 1.60. The molecule has 0 radical (unpaired) electrons. The minimum atomic E-state index is -0.775. The van der Waals surface area contributed by atoms with Gasteiger partial charge < -0.3 is 5.73 Å². The third-order valence-electron chi connectivity index (χ3n) is 4.56. The van der Waals surface area contributed by atoms with E-state index in [0.29, 0.717) is 5.02 Å². The number of carbonyl (C=O) groups is 2. The lowest BCUT2D eigenvalue weighted by atomic mass is 9.86. The third-order valence-corrected chi connectivity index (χ3v) is 5.05. The average molecular weight is 405 g/mol. The number of rotatable bonds is 4. The Hall–Kier alpha value is -2.44. The summed E-state index contributed by atoms with van der Waals surface area (Å²) < 4.78 is 0. The van der Waals surface area contributed by atoms with E-state index in [2.05, 4.69) is 9.98 Å². The molecule has 2 aromatic rings. The molecular formula is C19H18Cl2N4O2. The SMILES string of the molecule is CN1C(=O)C[C@@](C)(c2cccc(CC(=O)c3ncc(Cl)cc3Cl)c2)N=C1N. The molecule has 6 nitrogen and oxygen atoms in total. The summed E-state index contributed by atoms with van der Waals surface area (Å²) in [5.74, 6) is -0.155. The van der Waals surface area contributed by atoms with Crippen molar-refractivity contribution in [3.05, 3.63) is 63.4 Å². The molecule has 3 rings (SSSR count). The summed E-state index contributed by atoms with van der Waals surface area (Å²) >= 11 is 11.9. The van der Waals surface area contributed by atoms with Gasteiger partial charge in [-0.25, -0.2) is 9.98 Å². The molecule has 0 saturated heterocycles. The van der Waals surface area contributed by atoms with E-state index in [1.165, 1.54) is 17.2 Å². The van der Waals surface area contributed by atoms with Crippen LogP contribution >= 0.6 is 23.2 Å². The van der Waals surface area contributed by atoms with Gasteiger partial charge in [0.25, 0.3) is 0 Å². The number of hydrogen-bond acceptors (Lipinski definition) is 5. The fourth-order valence-corrected chi connectivity index (χ4v) is 3.47. The molecule has 0 bridgehead atoms. The van der Waals surface area contributed by atoms with Gasteiger partial charge in [0.05, 0.1) is 22.0 Å². The van der Waals surface area contributed by atoms with E-state index in [4.69, 9.17) is 28.9 Å². The topological polar surface area (TPSA) is 88.7 Å². The number of pyridine rings is 1. The number of nitrogens with zero attached hydrogens (tertiary/aromatic N) is 3. The molecule has 1 atom stereocenters. The Kier molecular flexibility index (Phi) is 5.22. The van der Waals surface area contributed by atoms with Gasteiger partial charge in [-0.3, -0.25) is 14.5 Å². The summed E-state index contributed by atoms with van der Waals surface area (Å²) in [4.78, 5) is 34.6. The van der Waals surface area contributed by atoms with Gasteiger partial charge in [-0.2, -0.15) is 0 Å². The van der Waals surface area contributed by atoms with Crippen LogP contribution in [0, 0.1) is 0 Å². The highest BCUT2D eigenvalue weighted by Gasteiger charge is 2.36. The second-order valence-electron chi connectivity index (χ2n) is 6.66. The molecule has 0 unspecified atom stereocenters. The number of aliphatic imine (C=N–C) groups is 1. The minimum absolute atomic E-state index is 0.108. The molecule has 2 heterocycles. The van der Waals surface area contributed by atoms with Gasteiger partial charge in [0, 0.05) is 19.7 Å². The molecule has 0 aliphatic carbocycles. The van der Waals surface area contributed by atoms with Crippen LogP contribution in [0.1, 0.15) is 35.0 Å². The number of carbonyl (C=O) groups excluding carboxylic acids is 2. The lowest BCUT2D eigenvalue weighted by molar-refractivity contribution is -0.128. The molecule has 140 valence electrons. The van der Waals surface area contributed by atoms with Crippen molar-refractivity contribution in [3.63, 3.8) is 0 Å². The van der Waals surface area contributed by atoms with E-state index >= 15 is 0 Å². The molecule has 0 fully saturated rings. The first-order valence-corrected chi connectivity index (χ1v) is 9.01. The Morgan fingerprint density at radius 3 is 2.74 bits per heavy atom. The molecule has 1 aromatic heterocycles. The van der Waals surface area contributed by atoms with Crippen LogP contribution in [-0.4, -0.2) is 34.6 Å². The lowest BCUT2D eigenvalue weighted by Gasteiger charge is -2.33. The Balaban J connectivity index is 1.88. The number of benzene rings is 1. The van der Waals surface area contributed by atoms with E-state index in [0.717, 1.165) is 11.1 Å². The van der Waals surface area contributed by atoms with E-state index in [1.807, 2.05) is 31.2 Å². The van der Waals surface area contributed by atoms with Crippen molar-refractivity contribution in [2.75, 3.05) is 7.05 Å². The van der Waals surface area contributed by atoms with Crippen molar-refractivity contribution in [3.8, 4) is 0 Å². The second-order valence-corrected chi connectivity index (χ2v) is 7.50. The van der Waals surface area contributed by atoms with Crippen molar-refractivity contribution >= 4 is 40.9 Å². The number of halogens is 2. The predicted molar refractivity (Wildman–Crippen MR) is 105 cm³/mol. The van der Waals surface area contributed by atoms with Crippen molar-refractivity contribution < 1.29 is 9.59 Å². The van der Waals surface area contributed by atoms with Crippen LogP contribution in [0.3, 0.4) is 0 Å². The van der Waals surface area contributed by atoms with Crippen molar-refractivity contribution in [1.82, 2.24) is 9.88 Å². The van der Waals surface area contributed by atoms with E-state index < -0.39 is 5.54 Å². The quantitative estimate of drug-likeness (QED) is 0.792. The highest BCUT2D eigenvalue weighted by atomic mass is 35.5. The van der Waals surface area contributed by atoms with E-state index in [9.17, 15) is 9.59 Å². The molecule has 27 heavy (non-hydrogen) atoms. The van der Waals surface area contributed by atoms with Crippen LogP contribution in [-0.2, 0) is 16.8 Å². The first-order valence-electron chi connectivity index (χ1n) is 8.25. The van der Waals surface area contributed by atoms with Crippen molar-refractivity contribution in [2.24, 2.45) is 10.7 Å². The maximum absolute atomic E-state index is 12.6. The van der Waals surface area contributed by atoms with Gasteiger partial charge in [-0.1, -0.05) is 47.5 Å². The van der Waals surface area contributed by atoms with Gasteiger partial charge in [0.2, 0.25) is 5.91 Å². The molecule has 0 spiro atoms. The summed E-state index contributed by atoms with van der Waals surface area (Å²) in [5, 5.41) is 0.586. The first-order chi connectivity index (χ1) is 12.7. The van der Waals surface area contributed by atoms with Crippen LogP contribution in [0.5, 0.6) is 0 Å². The van der Waals surface area contributed by atoms with Crippen LogP contribution in [0.25, 0.3) is 0 Å². The average Bonchev–Trinajstić information content (AvgIpc) is 2.59. The van der Waals surface area contributed by atoms with E-state index in [1.54, 1.807) is 7.05 Å². The standard InChI is InChI=1S/C19H18Cl2N4O2/c1-19(9-16(27)25(2)18(22)24-19)12-5-3-4-11(6-12)7-15(26)17-14(21)8-13(20)10-23-17/h3-6,8,10H,7,9H2,1-2H3,(H2,22,24)/t19-/m0/s1. The monoisotopic (exact) mass is 404 g/mol. The largest absolute Gasteiger partial charge is 0.369 e. The predicted octanol–water partition coefficient (Wildman–Crippen LogP) is 3.21. The van der Waals surface area contributed by atoms with Gasteiger partial charge in [-0.15, -0.1) is 0 Å². The zero-order valence-electron chi connectivity index (χ0n) is 14.9. The highest BCUT2D eigenvalue weighted by Crippen LogP contribution is 2.33.